The van der Waals surface area contributed by atoms with Gasteiger partial charge in [-0.25, -0.2) is 4.79 Å². The second kappa shape index (κ2) is 5.08. The highest BCUT2D eigenvalue weighted by Gasteiger charge is 2.18. The number of rotatable bonds is 3. The Morgan fingerprint density at radius 1 is 1.24 bits per heavy atom. The molecule has 0 saturated carbocycles. The van der Waals surface area contributed by atoms with E-state index in [0.717, 1.165) is 0 Å². The molecule has 1 rings (SSSR count). The predicted molar refractivity (Wildman–Crippen MR) is 64.0 cm³/mol. The van der Waals surface area contributed by atoms with Gasteiger partial charge in [0.05, 0.1) is 5.56 Å². The van der Waals surface area contributed by atoms with Crippen LogP contribution in [0.4, 0.5) is 0 Å². The molecule has 0 fully saturated rings. The van der Waals surface area contributed by atoms with Crippen molar-refractivity contribution < 1.29 is 14.3 Å². The number of nitrogens with zero attached hydrogens (tertiary/aromatic N) is 1. The van der Waals surface area contributed by atoms with Crippen LogP contribution in [0.25, 0.3) is 0 Å². The number of aromatic nitrogens is 1. The molecule has 1 aromatic rings. The second-order valence-corrected chi connectivity index (χ2v) is 4.74. The minimum Gasteiger partial charge on any atom is -0.456 e. The van der Waals surface area contributed by atoms with Gasteiger partial charge in [0, 0.05) is 24.4 Å². The minimum atomic E-state index is -0.554. The van der Waals surface area contributed by atoms with Crippen molar-refractivity contribution in [3.05, 3.63) is 29.6 Å². The molecule has 17 heavy (non-hydrogen) atoms. The number of esters is 1. The molecule has 0 spiro atoms. The van der Waals surface area contributed by atoms with E-state index < -0.39 is 11.6 Å². The molecule has 4 heteroatoms. The lowest BCUT2D eigenvalue weighted by Gasteiger charge is -2.19. The van der Waals surface area contributed by atoms with Crippen LogP contribution in [0, 0.1) is 0 Å². The maximum Gasteiger partial charge on any atom is 0.340 e. The molecule has 0 bridgehead atoms. The largest absolute Gasteiger partial charge is 0.456 e. The fourth-order valence-electron chi connectivity index (χ4n) is 1.25. The van der Waals surface area contributed by atoms with Crippen LogP contribution in [-0.2, 0) is 4.74 Å². The first kappa shape index (κ1) is 13.4. The van der Waals surface area contributed by atoms with E-state index in [1.54, 1.807) is 27.7 Å². The van der Waals surface area contributed by atoms with E-state index in [4.69, 9.17) is 4.74 Å². The molecule has 92 valence electrons. The van der Waals surface area contributed by atoms with Gasteiger partial charge in [0.15, 0.2) is 5.78 Å². The number of pyridine rings is 1. The molecule has 0 N–H and O–H groups in total. The summed E-state index contributed by atoms with van der Waals surface area (Å²) in [5, 5.41) is 0. The molecule has 0 unspecified atom stereocenters. The van der Waals surface area contributed by atoms with Crippen molar-refractivity contribution in [1.82, 2.24) is 4.98 Å². The van der Waals surface area contributed by atoms with Crippen molar-refractivity contribution in [2.75, 3.05) is 0 Å². The quantitative estimate of drug-likeness (QED) is 0.597. The molecule has 0 aliphatic rings. The summed E-state index contributed by atoms with van der Waals surface area (Å²) < 4.78 is 5.20. The zero-order chi connectivity index (χ0) is 13.1. The maximum absolute atomic E-state index is 11.7. The van der Waals surface area contributed by atoms with E-state index >= 15 is 0 Å². The normalized spacial score (nSPS) is 11.1. The van der Waals surface area contributed by atoms with E-state index in [1.165, 1.54) is 18.5 Å². The van der Waals surface area contributed by atoms with Gasteiger partial charge in [-0.05, 0) is 26.8 Å². The SMILES string of the molecule is CCC(=O)c1cncc(C(=O)OC(C)(C)C)c1. The third-order valence-corrected chi connectivity index (χ3v) is 2.02. The fraction of sp³-hybridized carbons (Fsp3) is 0.462. The van der Waals surface area contributed by atoms with Crippen LogP contribution < -0.4 is 0 Å². The highest BCUT2D eigenvalue weighted by molar-refractivity contribution is 5.98. The molecule has 1 aromatic heterocycles. The molecular weight excluding hydrogens is 218 g/mol. The molecule has 4 nitrogen and oxygen atoms in total. The van der Waals surface area contributed by atoms with Crippen LogP contribution in [0.1, 0.15) is 54.8 Å². The lowest BCUT2D eigenvalue weighted by molar-refractivity contribution is 0.00691. The van der Waals surface area contributed by atoms with Gasteiger partial charge in [0.1, 0.15) is 5.60 Å². The van der Waals surface area contributed by atoms with E-state index in [9.17, 15) is 9.59 Å². The first-order chi connectivity index (χ1) is 7.83. The average Bonchev–Trinajstić information content (AvgIpc) is 2.26. The van der Waals surface area contributed by atoms with Crippen molar-refractivity contribution in [2.45, 2.75) is 39.7 Å². The molecule has 0 radical (unpaired) electrons. The fourth-order valence-corrected chi connectivity index (χ4v) is 1.25. The van der Waals surface area contributed by atoms with Gasteiger partial charge in [-0.3, -0.25) is 9.78 Å². The van der Waals surface area contributed by atoms with Crippen LogP contribution in [0.2, 0.25) is 0 Å². The smallest absolute Gasteiger partial charge is 0.340 e. The van der Waals surface area contributed by atoms with Gasteiger partial charge in [-0.2, -0.15) is 0 Å². The average molecular weight is 235 g/mol. The number of hydrogen-bond donors (Lipinski definition) is 0. The number of ketones is 1. The molecule has 1 heterocycles. The van der Waals surface area contributed by atoms with Gasteiger partial charge in [-0.1, -0.05) is 6.92 Å². The van der Waals surface area contributed by atoms with Gasteiger partial charge >= 0.3 is 5.97 Å². The van der Waals surface area contributed by atoms with E-state index in [1.807, 2.05) is 0 Å². The lowest BCUT2D eigenvalue weighted by Crippen LogP contribution is -2.24. The summed E-state index contributed by atoms with van der Waals surface area (Å²) in [5.74, 6) is -0.501. The second-order valence-electron chi connectivity index (χ2n) is 4.74. The molecule has 0 atom stereocenters. The van der Waals surface area contributed by atoms with Crippen LogP contribution in [0.15, 0.2) is 18.5 Å². The summed E-state index contributed by atoms with van der Waals surface area (Å²) in [5.41, 5.74) is 0.192. The molecular formula is C13H17NO3. The Morgan fingerprint density at radius 2 is 1.82 bits per heavy atom. The van der Waals surface area contributed by atoms with Crippen LogP contribution >= 0.6 is 0 Å². The summed E-state index contributed by atoms with van der Waals surface area (Å²) in [7, 11) is 0. The number of Topliss-reactive ketones (excluding diaryl/α,β-unsaturated/α-hetero) is 1. The zero-order valence-corrected chi connectivity index (χ0v) is 10.6. The zero-order valence-electron chi connectivity index (χ0n) is 10.6. The van der Waals surface area contributed by atoms with E-state index in [-0.39, 0.29) is 5.78 Å². The third-order valence-electron chi connectivity index (χ3n) is 2.02. The first-order valence-electron chi connectivity index (χ1n) is 5.55. The summed E-state index contributed by atoms with van der Waals surface area (Å²) in [6, 6.07) is 1.52. The van der Waals surface area contributed by atoms with E-state index in [0.29, 0.717) is 17.5 Å². The van der Waals surface area contributed by atoms with Gasteiger partial charge in [0.2, 0.25) is 0 Å². The Kier molecular flexibility index (Phi) is 3.99. The number of ether oxygens (including phenoxy) is 1. The van der Waals surface area contributed by atoms with Crippen molar-refractivity contribution in [3.8, 4) is 0 Å². The van der Waals surface area contributed by atoms with Crippen molar-refractivity contribution >= 4 is 11.8 Å². The Morgan fingerprint density at radius 3 is 2.35 bits per heavy atom. The molecule has 0 aliphatic heterocycles. The Hall–Kier alpha value is -1.71. The summed E-state index contributed by atoms with van der Waals surface area (Å²) in [4.78, 5) is 27.1. The van der Waals surface area contributed by atoms with E-state index in [2.05, 4.69) is 4.98 Å². The Balaban J connectivity index is 2.92. The van der Waals surface area contributed by atoms with Crippen molar-refractivity contribution in [3.63, 3.8) is 0 Å². The van der Waals surface area contributed by atoms with Crippen molar-refractivity contribution in [2.24, 2.45) is 0 Å². The van der Waals surface area contributed by atoms with Gasteiger partial charge in [0.25, 0.3) is 0 Å². The predicted octanol–water partition coefficient (Wildman–Crippen LogP) is 2.63. The topological polar surface area (TPSA) is 56.3 Å². The van der Waals surface area contributed by atoms with Crippen molar-refractivity contribution in [1.29, 1.82) is 0 Å². The van der Waals surface area contributed by atoms with Gasteiger partial charge in [-0.15, -0.1) is 0 Å². The Labute approximate surface area is 101 Å². The monoisotopic (exact) mass is 235 g/mol. The standard InChI is InChI=1S/C13H17NO3/c1-5-11(15)9-6-10(8-14-7-9)12(16)17-13(2,3)4/h6-8H,5H2,1-4H3. The molecule has 0 aromatic carbocycles. The number of carbonyl (C=O) groups excluding carboxylic acids is 2. The highest BCUT2D eigenvalue weighted by atomic mass is 16.6. The van der Waals surface area contributed by atoms with Crippen LogP contribution in [0.3, 0.4) is 0 Å². The van der Waals surface area contributed by atoms with Gasteiger partial charge < -0.3 is 4.74 Å². The number of hydrogen-bond acceptors (Lipinski definition) is 4. The molecule has 0 saturated heterocycles. The maximum atomic E-state index is 11.7. The minimum absolute atomic E-state index is 0.0390. The van der Waals surface area contributed by atoms with Crippen LogP contribution in [-0.4, -0.2) is 22.3 Å². The Bertz CT molecular complexity index is 433. The molecule has 0 aliphatic carbocycles. The summed E-state index contributed by atoms with van der Waals surface area (Å²) >= 11 is 0. The lowest BCUT2D eigenvalue weighted by atomic mass is 10.1. The summed E-state index contributed by atoms with van der Waals surface area (Å²) in [6.45, 7) is 7.14. The molecule has 0 amide bonds. The van der Waals surface area contributed by atoms with Crippen LogP contribution in [0.5, 0.6) is 0 Å². The highest BCUT2D eigenvalue weighted by Crippen LogP contribution is 2.13. The first-order valence-corrected chi connectivity index (χ1v) is 5.55. The number of carbonyl (C=O) groups is 2. The third kappa shape index (κ3) is 3.98. The summed E-state index contributed by atoms with van der Waals surface area (Å²) in [6.07, 6.45) is 3.25.